The van der Waals surface area contributed by atoms with Crippen LogP contribution < -0.4 is 0 Å². The van der Waals surface area contributed by atoms with Crippen molar-refractivity contribution in [2.75, 3.05) is 13.7 Å². The van der Waals surface area contributed by atoms with Crippen LogP contribution in [0.25, 0.3) is 0 Å². The molecule has 0 heterocycles. The van der Waals surface area contributed by atoms with E-state index in [1.807, 2.05) is 13.8 Å². The van der Waals surface area contributed by atoms with Crippen LogP contribution in [0.15, 0.2) is 0 Å². The molecule has 0 aliphatic rings. The van der Waals surface area contributed by atoms with Gasteiger partial charge in [0.2, 0.25) is 0 Å². The van der Waals surface area contributed by atoms with Crippen LogP contribution in [-0.2, 0) is 9.53 Å². The second-order valence-electron chi connectivity index (χ2n) is 3.39. The Balaban J connectivity index is 4.14. The van der Waals surface area contributed by atoms with E-state index >= 15 is 0 Å². The third-order valence-corrected chi connectivity index (χ3v) is 2.81. The predicted octanol–water partition coefficient (Wildman–Crippen LogP) is 2.30. The number of carboxylic acids is 1. The lowest BCUT2D eigenvalue weighted by Gasteiger charge is -2.26. The molecule has 0 amide bonds. The molecule has 1 N–H and O–H groups in total. The molecule has 0 aromatic carbocycles. The molecule has 0 aromatic rings. The second-order valence-corrected chi connectivity index (χ2v) is 3.39. The Morgan fingerprint density at radius 3 is 2.23 bits per heavy atom. The van der Waals surface area contributed by atoms with Crippen LogP contribution in [0.1, 0.15) is 39.5 Å². The Hall–Kier alpha value is -0.570. The molecule has 0 radical (unpaired) electrons. The minimum atomic E-state index is -0.673. The molecule has 0 unspecified atom stereocenters. The van der Waals surface area contributed by atoms with Crippen LogP contribution in [0, 0.1) is 5.41 Å². The van der Waals surface area contributed by atoms with Gasteiger partial charge in [0.05, 0.1) is 5.41 Å². The van der Waals surface area contributed by atoms with E-state index < -0.39 is 11.4 Å². The molecule has 0 atom stereocenters. The molecule has 0 saturated heterocycles. The number of aliphatic carboxylic acids is 1. The number of hydrogen-bond donors (Lipinski definition) is 1. The van der Waals surface area contributed by atoms with Gasteiger partial charge in [-0.1, -0.05) is 13.8 Å². The number of methoxy groups -OCH3 is 1. The van der Waals surface area contributed by atoms with Crippen molar-refractivity contribution in [2.24, 2.45) is 5.41 Å². The van der Waals surface area contributed by atoms with Gasteiger partial charge in [-0.3, -0.25) is 4.79 Å². The van der Waals surface area contributed by atoms with Crippen LogP contribution in [0.2, 0.25) is 0 Å². The highest BCUT2D eigenvalue weighted by Gasteiger charge is 2.33. The van der Waals surface area contributed by atoms with Gasteiger partial charge in [0.15, 0.2) is 0 Å². The lowest BCUT2D eigenvalue weighted by atomic mass is 9.78. The molecule has 0 bridgehead atoms. The van der Waals surface area contributed by atoms with Gasteiger partial charge in [0, 0.05) is 13.7 Å². The van der Waals surface area contributed by atoms with Gasteiger partial charge in [-0.2, -0.15) is 0 Å². The zero-order valence-electron chi connectivity index (χ0n) is 8.80. The van der Waals surface area contributed by atoms with Gasteiger partial charge in [-0.25, -0.2) is 0 Å². The van der Waals surface area contributed by atoms with Crippen molar-refractivity contribution in [3.8, 4) is 0 Å². The molecule has 0 rings (SSSR count). The van der Waals surface area contributed by atoms with Gasteiger partial charge >= 0.3 is 5.97 Å². The summed E-state index contributed by atoms with van der Waals surface area (Å²) in [5.41, 5.74) is -0.529. The molecule has 3 nitrogen and oxygen atoms in total. The third-order valence-electron chi connectivity index (χ3n) is 2.81. The highest BCUT2D eigenvalue weighted by Crippen LogP contribution is 2.32. The average Bonchev–Trinajstić information content (AvgIpc) is 2.13. The van der Waals surface area contributed by atoms with E-state index in [9.17, 15) is 4.79 Å². The van der Waals surface area contributed by atoms with E-state index in [4.69, 9.17) is 9.84 Å². The number of rotatable bonds is 7. The Morgan fingerprint density at radius 2 is 1.92 bits per heavy atom. The van der Waals surface area contributed by atoms with Crippen LogP contribution in [0.3, 0.4) is 0 Å². The number of carbonyl (C=O) groups is 1. The molecule has 3 heteroatoms. The first kappa shape index (κ1) is 12.4. The van der Waals surface area contributed by atoms with Crippen LogP contribution >= 0.6 is 0 Å². The molecular formula is C10H20O3. The van der Waals surface area contributed by atoms with E-state index in [2.05, 4.69) is 0 Å². The number of carboxylic acid groups (broad SMARTS) is 1. The Labute approximate surface area is 80.1 Å². The monoisotopic (exact) mass is 188 g/mol. The van der Waals surface area contributed by atoms with Gasteiger partial charge in [0.25, 0.3) is 0 Å². The molecule has 0 fully saturated rings. The molecule has 0 spiro atoms. The summed E-state index contributed by atoms with van der Waals surface area (Å²) < 4.78 is 4.91. The van der Waals surface area contributed by atoms with E-state index in [-0.39, 0.29) is 0 Å². The van der Waals surface area contributed by atoms with Crippen molar-refractivity contribution in [2.45, 2.75) is 39.5 Å². The maximum atomic E-state index is 11.0. The smallest absolute Gasteiger partial charge is 0.309 e. The number of ether oxygens (including phenoxy) is 1. The van der Waals surface area contributed by atoms with Crippen molar-refractivity contribution >= 4 is 5.97 Å². The predicted molar refractivity (Wildman–Crippen MR) is 51.8 cm³/mol. The molecule has 78 valence electrons. The normalized spacial score (nSPS) is 11.6. The summed E-state index contributed by atoms with van der Waals surface area (Å²) in [7, 11) is 1.64. The summed E-state index contributed by atoms with van der Waals surface area (Å²) in [6.07, 6.45) is 2.93. The Kier molecular flexibility index (Phi) is 5.71. The summed E-state index contributed by atoms with van der Waals surface area (Å²) in [6.45, 7) is 4.52. The SMILES string of the molecule is CCC(CC)(CCCOC)C(=O)O. The first-order valence-electron chi connectivity index (χ1n) is 4.85. The van der Waals surface area contributed by atoms with Gasteiger partial charge in [-0.15, -0.1) is 0 Å². The minimum absolute atomic E-state index is 0.529. The van der Waals surface area contributed by atoms with Gasteiger partial charge in [0.1, 0.15) is 0 Å². The summed E-state index contributed by atoms with van der Waals surface area (Å²) in [5.74, 6) is -0.673. The highest BCUT2D eigenvalue weighted by atomic mass is 16.5. The van der Waals surface area contributed by atoms with Crippen molar-refractivity contribution in [1.29, 1.82) is 0 Å². The summed E-state index contributed by atoms with van der Waals surface area (Å²) in [4.78, 5) is 11.0. The van der Waals surface area contributed by atoms with Crippen molar-refractivity contribution < 1.29 is 14.6 Å². The lowest BCUT2D eigenvalue weighted by Crippen LogP contribution is -2.29. The Bertz CT molecular complexity index is 150. The first-order chi connectivity index (χ1) is 6.13. The van der Waals surface area contributed by atoms with E-state index in [0.717, 1.165) is 6.42 Å². The van der Waals surface area contributed by atoms with Crippen LogP contribution in [0.5, 0.6) is 0 Å². The van der Waals surface area contributed by atoms with Gasteiger partial charge in [-0.05, 0) is 25.7 Å². The molecule has 13 heavy (non-hydrogen) atoms. The number of hydrogen-bond acceptors (Lipinski definition) is 2. The topological polar surface area (TPSA) is 46.5 Å². The minimum Gasteiger partial charge on any atom is -0.481 e. The second kappa shape index (κ2) is 5.97. The first-order valence-corrected chi connectivity index (χ1v) is 4.85. The fraction of sp³-hybridized carbons (Fsp3) is 0.900. The molecule has 0 saturated carbocycles. The summed E-state index contributed by atoms with van der Waals surface area (Å²) in [6, 6.07) is 0. The van der Waals surface area contributed by atoms with Crippen molar-refractivity contribution in [3.05, 3.63) is 0 Å². The lowest BCUT2D eigenvalue weighted by molar-refractivity contribution is -0.150. The highest BCUT2D eigenvalue weighted by molar-refractivity contribution is 5.74. The third kappa shape index (κ3) is 3.35. The van der Waals surface area contributed by atoms with Gasteiger partial charge < -0.3 is 9.84 Å². The van der Waals surface area contributed by atoms with Crippen molar-refractivity contribution in [1.82, 2.24) is 0 Å². The molecular weight excluding hydrogens is 168 g/mol. The zero-order chi connectivity index (χ0) is 10.3. The summed E-state index contributed by atoms with van der Waals surface area (Å²) >= 11 is 0. The molecule has 0 aliphatic heterocycles. The van der Waals surface area contributed by atoms with E-state index in [0.29, 0.717) is 25.9 Å². The molecule has 0 aromatic heterocycles. The molecule has 0 aliphatic carbocycles. The fourth-order valence-electron chi connectivity index (χ4n) is 1.57. The zero-order valence-corrected chi connectivity index (χ0v) is 8.80. The quantitative estimate of drug-likeness (QED) is 0.623. The largest absolute Gasteiger partial charge is 0.481 e. The van der Waals surface area contributed by atoms with Crippen LogP contribution in [0.4, 0.5) is 0 Å². The average molecular weight is 188 g/mol. The maximum absolute atomic E-state index is 11.0. The van der Waals surface area contributed by atoms with Crippen LogP contribution in [-0.4, -0.2) is 24.8 Å². The standard InChI is InChI=1S/C10H20O3/c1-4-10(5-2,9(11)12)7-6-8-13-3/h4-8H2,1-3H3,(H,11,12). The van der Waals surface area contributed by atoms with E-state index in [1.165, 1.54) is 0 Å². The van der Waals surface area contributed by atoms with E-state index in [1.54, 1.807) is 7.11 Å². The summed E-state index contributed by atoms with van der Waals surface area (Å²) in [5, 5.41) is 9.08. The van der Waals surface area contributed by atoms with Crippen molar-refractivity contribution in [3.63, 3.8) is 0 Å². The Morgan fingerprint density at radius 1 is 1.38 bits per heavy atom. The fourth-order valence-corrected chi connectivity index (χ4v) is 1.57. The maximum Gasteiger partial charge on any atom is 0.309 e.